The molecule has 0 aromatic heterocycles. The number of rotatable bonds is 3. The van der Waals surface area contributed by atoms with E-state index in [0.717, 1.165) is 32.2 Å². The Balaban J connectivity index is 1.94. The van der Waals surface area contributed by atoms with Crippen molar-refractivity contribution < 1.29 is 18.3 Å². The molecule has 1 saturated carbocycles. The van der Waals surface area contributed by atoms with Gasteiger partial charge in [0.25, 0.3) is 0 Å². The largest absolute Gasteiger partial charge is 0.396 e. The first-order valence-electron chi connectivity index (χ1n) is 7.35. The molecular formula is C14H24F3NO. The lowest BCUT2D eigenvalue weighted by Crippen LogP contribution is -2.48. The zero-order chi connectivity index (χ0) is 13.9. The van der Waals surface area contributed by atoms with Gasteiger partial charge in [-0.1, -0.05) is 19.3 Å². The summed E-state index contributed by atoms with van der Waals surface area (Å²) >= 11 is 0. The van der Waals surface area contributed by atoms with E-state index >= 15 is 0 Å². The average Bonchev–Trinajstić information content (AvgIpc) is 2.39. The minimum atomic E-state index is -4.07. The maximum atomic E-state index is 12.8. The van der Waals surface area contributed by atoms with Crippen molar-refractivity contribution in [2.75, 3.05) is 26.2 Å². The molecule has 1 heterocycles. The molecule has 1 N–H and O–H groups in total. The van der Waals surface area contributed by atoms with E-state index in [-0.39, 0.29) is 25.0 Å². The number of piperidine rings is 1. The Bertz CT molecular complexity index is 287. The Labute approximate surface area is 113 Å². The van der Waals surface area contributed by atoms with Crippen molar-refractivity contribution in [3.05, 3.63) is 0 Å². The first-order chi connectivity index (χ1) is 8.95. The summed E-state index contributed by atoms with van der Waals surface area (Å²) in [6.45, 7) is 1.61. The topological polar surface area (TPSA) is 23.5 Å². The van der Waals surface area contributed by atoms with E-state index in [0.29, 0.717) is 13.0 Å². The van der Waals surface area contributed by atoms with Crippen LogP contribution in [0.3, 0.4) is 0 Å². The molecule has 112 valence electrons. The zero-order valence-electron chi connectivity index (χ0n) is 11.4. The molecule has 0 amide bonds. The first kappa shape index (κ1) is 15.1. The van der Waals surface area contributed by atoms with E-state index < -0.39 is 12.1 Å². The molecule has 2 aliphatic rings. The van der Waals surface area contributed by atoms with Gasteiger partial charge in [-0.25, -0.2) is 0 Å². The lowest BCUT2D eigenvalue weighted by Gasteiger charge is -2.42. The van der Waals surface area contributed by atoms with Gasteiger partial charge in [0.1, 0.15) is 0 Å². The fourth-order valence-corrected chi connectivity index (χ4v) is 3.61. The van der Waals surface area contributed by atoms with Crippen molar-refractivity contribution in [3.8, 4) is 0 Å². The summed E-state index contributed by atoms with van der Waals surface area (Å²) in [6.07, 6.45) is 2.09. The summed E-state index contributed by atoms with van der Waals surface area (Å²) in [5, 5.41) is 9.65. The fraction of sp³-hybridized carbons (Fsp3) is 1.00. The summed E-state index contributed by atoms with van der Waals surface area (Å²) in [4.78, 5) is 1.93. The number of aliphatic hydroxyl groups excluding tert-OH is 1. The van der Waals surface area contributed by atoms with Crippen LogP contribution in [0.4, 0.5) is 13.2 Å². The normalized spacial score (nSPS) is 29.4. The lowest BCUT2D eigenvalue weighted by molar-refractivity contribution is -0.188. The second kappa shape index (κ2) is 6.00. The monoisotopic (exact) mass is 279 g/mol. The molecule has 1 atom stereocenters. The van der Waals surface area contributed by atoms with Gasteiger partial charge >= 0.3 is 6.18 Å². The third kappa shape index (κ3) is 3.85. The highest BCUT2D eigenvalue weighted by molar-refractivity contribution is 4.88. The molecule has 2 nitrogen and oxygen atoms in total. The average molecular weight is 279 g/mol. The van der Waals surface area contributed by atoms with Crippen molar-refractivity contribution in [2.24, 2.45) is 11.3 Å². The number of hydrogen-bond donors (Lipinski definition) is 1. The molecular weight excluding hydrogens is 255 g/mol. The van der Waals surface area contributed by atoms with Crippen molar-refractivity contribution in [3.63, 3.8) is 0 Å². The highest BCUT2D eigenvalue weighted by Crippen LogP contribution is 2.39. The van der Waals surface area contributed by atoms with Crippen LogP contribution < -0.4 is 0 Å². The van der Waals surface area contributed by atoms with Crippen LogP contribution in [0.1, 0.15) is 44.9 Å². The minimum Gasteiger partial charge on any atom is -0.396 e. The van der Waals surface area contributed by atoms with Crippen molar-refractivity contribution >= 4 is 0 Å². The maximum Gasteiger partial charge on any atom is 0.393 e. The second-order valence-corrected chi connectivity index (χ2v) is 6.33. The van der Waals surface area contributed by atoms with Gasteiger partial charge in [-0.3, -0.25) is 0 Å². The van der Waals surface area contributed by atoms with E-state index in [4.69, 9.17) is 0 Å². The lowest BCUT2D eigenvalue weighted by atomic mass is 9.74. The van der Waals surface area contributed by atoms with Crippen LogP contribution in [0.25, 0.3) is 0 Å². The van der Waals surface area contributed by atoms with Crippen molar-refractivity contribution in [1.82, 2.24) is 4.90 Å². The van der Waals surface area contributed by atoms with Gasteiger partial charge in [0.05, 0.1) is 5.92 Å². The summed E-state index contributed by atoms with van der Waals surface area (Å²) in [7, 11) is 0. The van der Waals surface area contributed by atoms with Crippen LogP contribution >= 0.6 is 0 Å². The fourth-order valence-electron chi connectivity index (χ4n) is 3.61. The van der Waals surface area contributed by atoms with Crippen LogP contribution in [0.2, 0.25) is 0 Å². The molecule has 0 bridgehead atoms. The van der Waals surface area contributed by atoms with E-state index in [1.807, 2.05) is 4.90 Å². The second-order valence-electron chi connectivity index (χ2n) is 6.33. The molecule has 1 aliphatic heterocycles. The number of alkyl halides is 3. The summed E-state index contributed by atoms with van der Waals surface area (Å²) in [5.74, 6) is -1.18. The van der Waals surface area contributed by atoms with Gasteiger partial charge in [0.2, 0.25) is 0 Å². The van der Waals surface area contributed by atoms with Crippen LogP contribution in [-0.4, -0.2) is 42.4 Å². The maximum absolute atomic E-state index is 12.8. The molecule has 2 fully saturated rings. The number of nitrogens with zero attached hydrogens (tertiary/aromatic N) is 1. The summed E-state index contributed by atoms with van der Waals surface area (Å²) in [6, 6.07) is 0. The third-order valence-corrected chi connectivity index (χ3v) is 4.78. The van der Waals surface area contributed by atoms with Crippen LogP contribution in [0, 0.1) is 11.3 Å². The van der Waals surface area contributed by atoms with E-state index in [1.165, 1.54) is 6.42 Å². The summed E-state index contributed by atoms with van der Waals surface area (Å²) < 4.78 is 38.4. The van der Waals surface area contributed by atoms with Crippen molar-refractivity contribution in [2.45, 2.75) is 51.1 Å². The molecule has 19 heavy (non-hydrogen) atoms. The Morgan fingerprint density at radius 2 is 1.79 bits per heavy atom. The molecule has 0 spiro atoms. The number of halogens is 3. The van der Waals surface area contributed by atoms with Crippen LogP contribution in [-0.2, 0) is 0 Å². The quantitative estimate of drug-likeness (QED) is 0.857. The molecule has 1 aliphatic carbocycles. The molecule has 0 aromatic rings. The van der Waals surface area contributed by atoms with Gasteiger partial charge in [0, 0.05) is 25.1 Å². The van der Waals surface area contributed by atoms with Gasteiger partial charge in [-0.2, -0.15) is 13.2 Å². The predicted octanol–water partition coefficient (Wildman–Crippen LogP) is 3.20. The van der Waals surface area contributed by atoms with Gasteiger partial charge in [0.15, 0.2) is 0 Å². The van der Waals surface area contributed by atoms with Crippen molar-refractivity contribution in [1.29, 1.82) is 0 Å². The summed E-state index contributed by atoms with van der Waals surface area (Å²) in [5.41, 5.74) is -0.147. The Morgan fingerprint density at radius 1 is 1.11 bits per heavy atom. The first-order valence-corrected chi connectivity index (χ1v) is 7.35. The molecule has 5 heteroatoms. The Kier molecular flexibility index (Phi) is 4.77. The highest BCUT2D eigenvalue weighted by Gasteiger charge is 2.43. The molecule has 1 saturated heterocycles. The Hall–Kier alpha value is -0.290. The van der Waals surface area contributed by atoms with Crippen LogP contribution in [0.5, 0.6) is 0 Å². The minimum absolute atomic E-state index is 0.111. The third-order valence-electron chi connectivity index (χ3n) is 4.78. The van der Waals surface area contributed by atoms with E-state index in [1.54, 1.807) is 0 Å². The Morgan fingerprint density at radius 3 is 2.37 bits per heavy atom. The van der Waals surface area contributed by atoms with Crippen LogP contribution in [0.15, 0.2) is 0 Å². The predicted molar refractivity (Wildman–Crippen MR) is 67.8 cm³/mol. The smallest absolute Gasteiger partial charge is 0.393 e. The number of likely N-dealkylation sites (tertiary alicyclic amines) is 1. The van der Waals surface area contributed by atoms with E-state index in [2.05, 4.69) is 0 Å². The van der Waals surface area contributed by atoms with Gasteiger partial charge in [-0.15, -0.1) is 0 Å². The number of hydrogen-bond acceptors (Lipinski definition) is 2. The van der Waals surface area contributed by atoms with Gasteiger partial charge in [-0.05, 0) is 32.2 Å². The van der Waals surface area contributed by atoms with Gasteiger partial charge < -0.3 is 10.0 Å². The SMILES string of the molecule is OCC1(CN2CCCC(C(F)(F)F)C2)CCCCC1. The molecule has 0 aromatic carbocycles. The standard InChI is InChI=1S/C14H24F3NO/c15-14(16,17)12-5-4-8-18(9-12)10-13(11-19)6-2-1-3-7-13/h12,19H,1-11H2. The highest BCUT2D eigenvalue weighted by atomic mass is 19.4. The molecule has 1 unspecified atom stereocenters. The molecule has 2 rings (SSSR count). The number of aliphatic hydroxyl groups is 1. The molecule has 0 radical (unpaired) electrons. The zero-order valence-corrected chi connectivity index (χ0v) is 11.4. The van der Waals surface area contributed by atoms with E-state index in [9.17, 15) is 18.3 Å².